The number of esters is 1. The summed E-state index contributed by atoms with van der Waals surface area (Å²) in [5, 5.41) is 0.761. The topological polar surface area (TPSA) is 66.9 Å². The van der Waals surface area contributed by atoms with Crippen molar-refractivity contribution in [3.05, 3.63) is 63.4 Å². The number of fused-ring (bicyclic) bond motifs is 2. The van der Waals surface area contributed by atoms with Crippen LogP contribution in [0.15, 0.2) is 36.4 Å². The van der Waals surface area contributed by atoms with Crippen LogP contribution in [0.2, 0.25) is 10.0 Å². The summed E-state index contributed by atoms with van der Waals surface area (Å²) in [6.07, 6.45) is -0.105. The van der Waals surface area contributed by atoms with E-state index in [0.717, 1.165) is 0 Å². The number of hydrogen-bond donors (Lipinski definition) is 0. The molecule has 1 saturated heterocycles. The number of halogens is 3. The molecule has 2 aromatic carbocycles. The van der Waals surface area contributed by atoms with Crippen molar-refractivity contribution in [1.82, 2.24) is 4.90 Å². The van der Waals surface area contributed by atoms with Crippen molar-refractivity contribution in [2.24, 2.45) is 0 Å². The monoisotopic (exact) mass is 492 g/mol. The zero-order valence-corrected chi connectivity index (χ0v) is 20.0. The van der Waals surface area contributed by atoms with Crippen LogP contribution in [-0.4, -0.2) is 41.4 Å². The van der Waals surface area contributed by atoms with Gasteiger partial charge < -0.3 is 14.5 Å². The van der Waals surface area contributed by atoms with Crippen LogP contribution in [0.3, 0.4) is 0 Å². The predicted molar refractivity (Wildman–Crippen MR) is 123 cm³/mol. The molecule has 9 heteroatoms. The lowest BCUT2D eigenvalue weighted by molar-refractivity contribution is -0.153. The number of carbonyl (C=O) groups is 3. The number of amides is 2. The Morgan fingerprint density at radius 1 is 1.12 bits per heavy atom. The van der Waals surface area contributed by atoms with Crippen molar-refractivity contribution >= 4 is 46.7 Å². The van der Waals surface area contributed by atoms with E-state index in [0.29, 0.717) is 21.3 Å². The summed E-state index contributed by atoms with van der Waals surface area (Å²) in [5.74, 6) is -1.72. The normalized spacial score (nSPS) is 20.1. The van der Waals surface area contributed by atoms with Gasteiger partial charge >= 0.3 is 5.97 Å². The molecule has 1 unspecified atom stereocenters. The first-order valence-electron chi connectivity index (χ1n) is 10.5. The van der Waals surface area contributed by atoms with E-state index in [1.165, 1.54) is 28.0 Å². The summed E-state index contributed by atoms with van der Waals surface area (Å²) in [7, 11) is 0. The lowest BCUT2D eigenvalue weighted by Crippen LogP contribution is -2.45. The molecule has 6 nitrogen and oxygen atoms in total. The second kappa shape index (κ2) is 8.29. The van der Waals surface area contributed by atoms with E-state index in [2.05, 4.69) is 0 Å². The third kappa shape index (κ3) is 4.44. The van der Waals surface area contributed by atoms with Gasteiger partial charge in [0.15, 0.2) is 0 Å². The quantitative estimate of drug-likeness (QED) is 0.589. The van der Waals surface area contributed by atoms with Gasteiger partial charge in [0.25, 0.3) is 0 Å². The summed E-state index contributed by atoms with van der Waals surface area (Å²) in [6.45, 7) is 4.96. The van der Waals surface area contributed by atoms with Crippen molar-refractivity contribution < 1.29 is 23.5 Å². The fourth-order valence-corrected chi connectivity index (χ4v) is 4.81. The molecule has 174 valence electrons. The highest BCUT2D eigenvalue weighted by atomic mass is 35.5. The zero-order chi connectivity index (χ0) is 24.1. The Kier molecular flexibility index (Phi) is 5.91. The second-order valence-electron chi connectivity index (χ2n) is 9.38. The van der Waals surface area contributed by atoms with Gasteiger partial charge in [-0.1, -0.05) is 23.2 Å². The number of hydrogen-bond acceptors (Lipinski definition) is 4. The molecular weight excluding hydrogens is 470 g/mol. The summed E-state index contributed by atoms with van der Waals surface area (Å²) in [6, 6.07) is 9.09. The summed E-state index contributed by atoms with van der Waals surface area (Å²) in [4.78, 5) is 41.9. The number of anilines is 1. The molecule has 33 heavy (non-hydrogen) atoms. The molecule has 0 N–H and O–H groups in total. The molecule has 1 spiro atoms. The third-order valence-electron chi connectivity index (χ3n) is 5.76. The van der Waals surface area contributed by atoms with E-state index in [1.807, 2.05) is 0 Å². The van der Waals surface area contributed by atoms with Gasteiger partial charge in [-0.15, -0.1) is 0 Å². The highest BCUT2D eigenvalue weighted by Crippen LogP contribution is 2.48. The number of benzene rings is 2. The van der Waals surface area contributed by atoms with Crippen LogP contribution in [0.25, 0.3) is 0 Å². The molecule has 1 fully saturated rings. The number of carbonyl (C=O) groups excluding carboxylic acids is 3. The Morgan fingerprint density at radius 3 is 2.48 bits per heavy atom. The minimum atomic E-state index is -1.21. The summed E-state index contributed by atoms with van der Waals surface area (Å²) >= 11 is 12.2. The van der Waals surface area contributed by atoms with Crippen molar-refractivity contribution in [1.29, 1.82) is 0 Å². The lowest BCUT2D eigenvalue weighted by Gasteiger charge is -2.25. The molecule has 2 aliphatic rings. The number of ether oxygens (including phenoxy) is 1. The van der Waals surface area contributed by atoms with Gasteiger partial charge in [0.1, 0.15) is 23.4 Å². The molecule has 2 heterocycles. The lowest BCUT2D eigenvalue weighted by atomic mass is 9.81. The van der Waals surface area contributed by atoms with Crippen LogP contribution in [0.5, 0.6) is 0 Å². The van der Waals surface area contributed by atoms with Gasteiger partial charge in [0, 0.05) is 40.8 Å². The Hall–Kier alpha value is -2.64. The fraction of sp³-hybridized carbons (Fsp3) is 0.375. The van der Waals surface area contributed by atoms with Crippen LogP contribution in [0.4, 0.5) is 10.1 Å². The number of rotatable bonds is 4. The van der Waals surface area contributed by atoms with E-state index in [-0.39, 0.29) is 43.4 Å². The van der Waals surface area contributed by atoms with Gasteiger partial charge in [-0.05, 0) is 62.7 Å². The molecule has 2 aliphatic heterocycles. The summed E-state index contributed by atoms with van der Waals surface area (Å²) in [5.41, 5.74) is -0.573. The van der Waals surface area contributed by atoms with Gasteiger partial charge in [0.05, 0.1) is 0 Å². The van der Waals surface area contributed by atoms with Gasteiger partial charge in [0.2, 0.25) is 11.8 Å². The number of likely N-dealkylation sites (tertiary alicyclic amines) is 1. The Balaban J connectivity index is 1.66. The first-order chi connectivity index (χ1) is 15.4. The molecule has 1 atom stereocenters. The maximum absolute atomic E-state index is 14.3. The maximum Gasteiger partial charge on any atom is 0.326 e. The molecule has 0 bridgehead atoms. The van der Waals surface area contributed by atoms with E-state index in [9.17, 15) is 18.8 Å². The fourth-order valence-electron chi connectivity index (χ4n) is 4.45. The van der Waals surface area contributed by atoms with E-state index in [1.54, 1.807) is 39.0 Å². The minimum Gasteiger partial charge on any atom is -0.459 e. The van der Waals surface area contributed by atoms with Crippen LogP contribution >= 0.6 is 23.2 Å². The standard InChI is InChI=1S/C24H23Cl2FN2O4/c1-23(2,3)33-21(31)12-29-19-7-5-16(26)9-17(19)24(22(29)32)10-20(30)28(13-24)11-14-8-15(25)4-6-18(14)27/h4-9H,10-13H2,1-3H3. The first-order valence-corrected chi connectivity index (χ1v) is 11.2. The van der Waals surface area contributed by atoms with Gasteiger partial charge in [-0.2, -0.15) is 0 Å². The average Bonchev–Trinajstić information content (AvgIpc) is 3.13. The molecule has 0 radical (unpaired) electrons. The SMILES string of the molecule is CC(C)(C)OC(=O)CN1C(=O)C2(CC(=O)N(Cc3cc(Cl)ccc3F)C2)c2cc(Cl)ccc21. The van der Waals surface area contributed by atoms with Crippen molar-refractivity contribution in [3.8, 4) is 0 Å². The number of nitrogens with zero attached hydrogens (tertiary/aromatic N) is 2. The van der Waals surface area contributed by atoms with E-state index in [4.69, 9.17) is 27.9 Å². The van der Waals surface area contributed by atoms with Crippen LogP contribution in [0, 0.1) is 5.82 Å². The van der Waals surface area contributed by atoms with Crippen LogP contribution < -0.4 is 4.90 Å². The van der Waals surface area contributed by atoms with Gasteiger partial charge in [-0.3, -0.25) is 14.4 Å². The van der Waals surface area contributed by atoms with E-state index >= 15 is 0 Å². The largest absolute Gasteiger partial charge is 0.459 e. The molecular formula is C24H23Cl2FN2O4. The molecule has 0 saturated carbocycles. The molecule has 2 amide bonds. The van der Waals surface area contributed by atoms with Crippen LogP contribution in [0.1, 0.15) is 38.3 Å². The molecule has 2 aromatic rings. The highest BCUT2D eigenvalue weighted by Gasteiger charge is 2.57. The Bertz CT molecular complexity index is 1160. The summed E-state index contributed by atoms with van der Waals surface area (Å²) < 4.78 is 19.7. The average molecular weight is 493 g/mol. The van der Waals surface area contributed by atoms with Gasteiger partial charge in [-0.25, -0.2) is 4.39 Å². The minimum absolute atomic E-state index is 0.0256. The maximum atomic E-state index is 14.3. The predicted octanol–water partition coefficient (Wildman–Crippen LogP) is 4.49. The third-order valence-corrected chi connectivity index (χ3v) is 6.23. The van der Waals surface area contributed by atoms with Crippen molar-refractivity contribution in [2.75, 3.05) is 18.0 Å². The molecule has 4 rings (SSSR count). The van der Waals surface area contributed by atoms with Crippen molar-refractivity contribution in [3.63, 3.8) is 0 Å². The second-order valence-corrected chi connectivity index (χ2v) is 10.3. The first kappa shape index (κ1) is 23.5. The van der Waals surface area contributed by atoms with Crippen molar-refractivity contribution in [2.45, 2.75) is 44.8 Å². The molecule has 0 aliphatic carbocycles. The Morgan fingerprint density at radius 2 is 1.79 bits per heavy atom. The van der Waals surface area contributed by atoms with Crippen LogP contribution in [-0.2, 0) is 31.1 Å². The highest BCUT2D eigenvalue weighted by molar-refractivity contribution is 6.31. The zero-order valence-electron chi connectivity index (χ0n) is 18.5. The Labute approximate surface area is 201 Å². The smallest absolute Gasteiger partial charge is 0.326 e. The van der Waals surface area contributed by atoms with E-state index < -0.39 is 22.8 Å². The molecule has 0 aromatic heterocycles.